The second-order valence-corrected chi connectivity index (χ2v) is 4.18. The van der Waals surface area contributed by atoms with Gasteiger partial charge in [-0.2, -0.15) is 0 Å². The maximum atomic E-state index is 11.4. The van der Waals surface area contributed by atoms with Crippen molar-refractivity contribution in [2.24, 2.45) is 0 Å². The standard InChI is InChI=1S/C15H12ClNO/c1-2-15(18)17-14-6-4-3-5-13(14)11-7-9-12(16)10-8-11/h2-10H,1H2,(H,17,18). The second kappa shape index (κ2) is 5.52. The van der Waals surface area contributed by atoms with Gasteiger partial charge in [0, 0.05) is 16.3 Å². The molecule has 0 heterocycles. The number of carbonyl (C=O) groups is 1. The third-order valence-electron chi connectivity index (χ3n) is 2.53. The fourth-order valence-corrected chi connectivity index (χ4v) is 1.78. The number of hydrogen-bond donors (Lipinski definition) is 1. The fourth-order valence-electron chi connectivity index (χ4n) is 1.66. The van der Waals surface area contributed by atoms with E-state index in [0.29, 0.717) is 5.02 Å². The lowest BCUT2D eigenvalue weighted by molar-refractivity contribution is -0.111. The molecule has 3 heteroatoms. The zero-order valence-electron chi connectivity index (χ0n) is 9.69. The number of carbonyl (C=O) groups excluding carboxylic acids is 1. The first-order chi connectivity index (χ1) is 8.70. The van der Waals surface area contributed by atoms with E-state index in [1.165, 1.54) is 6.08 Å². The van der Waals surface area contributed by atoms with Gasteiger partial charge in [-0.3, -0.25) is 4.79 Å². The van der Waals surface area contributed by atoms with Crippen LogP contribution in [-0.2, 0) is 4.79 Å². The molecule has 0 unspecified atom stereocenters. The molecule has 0 aliphatic carbocycles. The minimum Gasteiger partial charge on any atom is -0.322 e. The summed E-state index contributed by atoms with van der Waals surface area (Å²) in [6.45, 7) is 3.44. The van der Waals surface area contributed by atoms with Crippen LogP contribution < -0.4 is 5.32 Å². The Morgan fingerprint density at radius 2 is 1.78 bits per heavy atom. The molecule has 0 bridgehead atoms. The first kappa shape index (κ1) is 12.4. The molecule has 0 fully saturated rings. The van der Waals surface area contributed by atoms with Gasteiger partial charge in [0.1, 0.15) is 0 Å². The van der Waals surface area contributed by atoms with Crippen molar-refractivity contribution < 1.29 is 4.79 Å². The average Bonchev–Trinajstić information content (AvgIpc) is 2.40. The Labute approximate surface area is 111 Å². The molecule has 0 saturated heterocycles. The van der Waals surface area contributed by atoms with Crippen LogP contribution in [0.4, 0.5) is 5.69 Å². The molecular weight excluding hydrogens is 246 g/mol. The molecule has 0 aromatic heterocycles. The van der Waals surface area contributed by atoms with Crippen LogP contribution in [0.2, 0.25) is 5.02 Å². The van der Waals surface area contributed by atoms with Crippen LogP contribution in [0.25, 0.3) is 11.1 Å². The molecule has 18 heavy (non-hydrogen) atoms. The van der Waals surface area contributed by atoms with E-state index in [-0.39, 0.29) is 5.91 Å². The molecule has 90 valence electrons. The topological polar surface area (TPSA) is 29.1 Å². The normalized spacial score (nSPS) is 9.83. The highest BCUT2D eigenvalue weighted by molar-refractivity contribution is 6.30. The smallest absolute Gasteiger partial charge is 0.247 e. The molecule has 1 N–H and O–H groups in total. The van der Waals surface area contributed by atoms with Crippen molar-refractivity contribution in [2.75, 3.05) is 5.32 Å². The molecule has 0 radical (unpaired) electrons. The minimum atomic E-state index is -0.226. The first-order valence-corrected chi connectivity index (χ1v) is 5.87. The summed E-state index contributed by atoms with van der Waals surface area (Å²) < 4.78 is 0. The van der Waals surface area contributed by atoms with Crippen molar-refractivity contribution in [1.82, 2.24) is 0 Å². The molecule has 1 amide bonds. The van der Waals surface area contributed by atoms with Gasteiger partial charge in [0.05, 0.1) is 0 Å². The van der Waals surface area contributed by atoms with Gasteiger partial charge < -0.3 is 5.32 Å². The van der Waals surface area contributed by atoms with Crippen LogP contribution in [0.1, 0.15) is 0 Å². The summed E-state index contributed by atoms with van der Waals surface area (Å²) in [5.41, 5.74) is 2.70. The summed E-state index contributed by atoms with van der Waals surface area (Å²) in [5.74, 6) is -0.226. The molecule has 0 aliphatic rings. The highest BCUT2D eigenvalue weighted by Crippen LogP contribution is 2.28. The Kier molecular flexibility index (Phi) is 3.80. The number of amides is 1. The van der Waals surface area contributed by atoms with E-state index < -0.39 is 0 Å². The highest BCUT2D eigenvalue weighted by Gasteiger charge is 2.05. The third kappa shape index (κ3) is 2.79. The Morgan fingerprint density at radius 1 is 1.11 bits per heavy atom. The van der Waals surface area contributed by atoms with E-state index in [2.05, 4.69) is 11.9 Å². The summed E-state index contributed by atoms with van der Waals surface area (Å²) in [7, 11) is 0. The average molecular weight is 258 g/mol. The number of hydrogen-bond acceptors (Lipinski definition) is 1. The van der Waals surface area contributed by atoms with Gasteiger partial charge in [0.2, 0.25) is 5.91 Å². The lowest BCUT2D eigenvalue weighted by Crippen LogP contribution is -2.08. The van der Waals surface area contributed by atoms with Gasteiger partial charge >= 0.3 is 0 Å². The van der Waals surface area contributed by atoms with Gasteiger partial charge in [0.15, 0.2) is 0 Å². The van der Waals surface area contributed by atoms with Crippen molar-refractivity contribution in [3.8, 4) is 11.1 Å². The fraction of sp³-hybridized carbons (Fsp3) is 0. The van der Waals surface area contributed by atoms with Crippen molar-refractivity contribution in [3.63, 3.8) is 0 Å². The Hall–Kier alpha value is -2.06. The highest BCUT2D eigenvalue weighted by atomic mass is 35.5. The van der Waals surface area contributed by atoms with Crippen LogP contribution in [0, 0.1) is 0 Å². The largest absolute Gasteiger partial charge is 0.322 e. The second-order valence-electron chi connectivity index (χ2n) is 3.75. The Morgan fingerprint density at radius 3 is 2.44 bits per heavy atom. The monoisotopic (exact) mass is 257 g/mol. The molecule has 2 nitrogen and oxygen atoms in total. The molecular formula is C15H12ClNO. The number of para-hydroxylation sites is 1. The molecule has 0 atom stereocenters. The van der Waals surface area contributed by atoms with Crippen LogP contribution in [-0.4, -0.2) is 5.91 Å². The van der Waals surface area contributed by atoms with Gasteiger partial charge in [0.25, 0.3) is 0 Å². The zero-order valence-corrected chi connectivity index (χ0v) is 10.4. The lowest BCUT2D eigenvalue weighted by atomic mass is 10.0. The van der Waals surface area contributed by atoms with E-state index in [0.717, 1.165) is 16.8 Å². The summed E-state index contributed by atoms with van der Waals surface area (Å²) in [6.07, 6.45) is 1.25. The molecule has 2 aromatic carbocycles. The third-order valence-corrected chi connectivity index (χ3v) is 2.78. The molecule has 0 aliphatic heterocycles. The predicted molar refractivity (Wildman–Crippen MR) is 75.7 cm³/mol. The summed E-state index contributed by atoms with van der Waals surface area (Å²) in [4.78, 5) is 11.4. The minimum absolute atomic E-state index is 0.226. The lowest BCUT2D eigenvalue weighted by Gasteiger charge is -2.10. The Balaban J connectivity index is 2.41. The van der Waals surface area contributed by atoms with E-state index in [1.54, 1.807) is 0 Å². The number of halogens is 1. The zero-order chi connectivity index (χ0) is 13.0. The maximum Gasteiger partial charge on any atom is 0.247 e. The van der Waals surface area contributed by atoms with E-state index >= 15 is 0 Å². The SMILES string of the molecule is C=CC(=O)Nc1ccccc1-c1ccc(Cl)cc1. The van der Waals surface area contributed by atoms with Crippen LogP contribution in [0.5, 0.6) is 0 Å². The van der Waals surface area contributed by atoms with Gasteiger partial charge in [-0.05, 0) is 29.8 Å². The van der Waals surface area contributed by atoms with E-state index in [9.17, 15) is 4.79 Å². The van der Waals surface area contributed by atoms with Crippen molar-refractivity contribution in [3.05, 3.63) is 66.2 Å². The van der Waals surface area contributed by atoms with E-state index in [4.69, 9.17) is 11.6 Å². The van der Waals surface area contributed by atoms with Gasteiger partial charge in [-0.25, -0.2) is 0 Å². The molecule has 2 aromatic rings. The van der Waals surface area contributed by atoms with Crippen LogP contribution >= 0.6 is 11.6 Å². The number of anilines is 1. The quantitative estimate of drug-likeness (QED) is 0.823. The molecule has 2 rings (SSSR count). The van der Waals surface area contributed by atoms with E-state index in [1.807, 2.05) is 48.5 Å². The predicted octanol–water partition coefficient (Wildman–Crippen LogP) is 4.13. The number of rotatable bonds is 3. The van der Waals surface area contributed by atoms with Crippen LogP contribution in [0.3, 0.4) is 0 Å². The van der Waals surface area contributed by atoms with Gasteiger partial charge in [-0.15, -0.1) is 0 Å². The number of benzene rings is 2. The summed E-state index contributed by atoms with van der Waals surface area (Å²) in [5, 5.41) is 3.47. The van der Waals surface area contributed by atoms with Crippen LogP contribution in [0.15, 0.2) is 61.2 Å². The Bertz CT molecular complexity index is 575. The molecule has 0 spiro atoms. The number of nitrogens with one attached hydrogen (secondary N) is 1. The van der Waals surface area contributed by atoms with Crippen molar-refractivity contribution in [1.29, 1.82) is 0 Å². The first-order valence-electron chi connectivity index (χ1n) is 5.49. The summed E-state index contributed by atoms with van der Waals surface area (Å²) in [6, 6.07) is 15.1. The molecule has 0 saturated carbocycles. The maximum absolute atomic E-state index is 11.4. The van der Waals surface area contributed by atoms with Crippen molar-refractivity contribution in [2.45, 2.75) is 0 Å². The van der Waals surface area contributed by atoms with Gasteiger partial charge in [-0.1, -0.05) is 48.5 Å². The summed E-state index contributed by atoms with van der Waals surface area (Å²) >= 11 is 5.86. The van der Waals surface area contributed by atoms with Crippen molar-refractivity contribution >= 4 is 23.2 Å².